The summed E-state index contributed by atoms with van der Waals surface area (Å²) in [6.07, 6.45) is 1.82. The molecular formula is C18H28FN3O5S2. The van der Waals surface area contributed by atoms with Gasteiger partial charge in [-0.05, 0) is 30.7 Å². The van der Waals surface area contributed by atoms with Gasteiger partial charge in [0.15, 0.2) is 0 Å². The number of hydrogen-bond acceptors (Lipinski definition) is 6. The molecule has 0 aliphatic carbocycles. The Morgan fingerprint density at radius 1 is 1.07 bits per heavy atom. The number of halogens is 1. The van der Waals surface area contributed by atoms with Crippen molar-refractivity contribution in [1.29, 1.82) is 0 Å². The van der Waals surface area contributed by atoms with Crippen LogP contribution in [-0.4, -0.2) is 95.2 Å². The van der Waals surface area contributed by atoms with Crippen molar-refractivity contribution >= 4 is 25.8 Å². The van der Waals surface area contributed by atoms with Crippen molar-refractivity contribution in [3.05, 3.63) is 30.1 Å². The van der Waals surface area contributed by atoms with Crippen molar-refractivity contribution in [1.82, 2.24) is 14.1 Å². The second-order valence-corrected chi connectivity index (χ2v) is 11.5. The summed E-state index contributed by atoms with van der Waals surface area (Å²) < 4.78 is 61.5. The molecule has 1 aliphatic rings. The number of carbonyl (C=O) groups is 1. The first-order valence-electron chi connectivity index (χ1n) is 9.39. The smallest absolute Gasteiger partial charge is 0.242 e. The molecule has 0 aromatic heterocycles. The molecule has 1 aliphatic heterocycles. The normalized spacial score (nSPS) is 16.3. The van der Waals surface area contributed by atoms with E-state index in [1.54, 1.807) is 4.90 Å². The van der Waals surface area contributed by atoms with E-state index in [-0.39, 0.29) is 29.5 Å². The van der Waals surface area contributed by atoms with E-state index < -0.39 is 25.7 Å². The number of nitrogens with zero attached hydrogens (tertiary/aromatic N) is 3. The van der Waals surface area contributed by atoms with Crippen LogP contribution in [0, 0.1) is 5.82 Å². The van der Waals surface area contributed by atoms with Gasteiger partial charge in [0.1, 0.15) is 15.7 Å². The quantitative estimate of drug-likeness (QED) is 0.542. The van der Waals surface area contributed by atoms with Crippen LogP contribution in [0.2, 0.25) is 0 Å². The van der Waals surface area contributed by atoms with E-state index in [4.69, 9.17) is 0 Å². The van der Waals surface area contributed by atoms with E-state index in [9.17, 15) is 26.0 Å². The van der Waals surface area contributed by atoms with Crippen molar-refractivity contribution in [3.63, 3.8) is 0 Å². The van der Waals surface area contributed by atoms with E-state index >= 15 is 0 Å². The lowest BCUT2D eigenvalue weighted by atomic mass is 10.2. The average Bonchev–Trinajstić information content (AvgIpc) is 2.66. The lowest BCUT2D eigenvalue weighted by Crippen LogP contribution is -2.49. The lowest BCUT2D eigenvalue weighted by molar-refractivity contribution is -0.133. The van der Waals surface area contributed by atoms with E-state index in [0.717, 1.165) is 16.4 Å². The Labute approximate surface area is 172 Å². The van der Waals surface area contributed by atoms with Crippen LogP contribution in [0.3, 0.4) is 0 Å². The van der Waals surface area contributed by atoms with Crippen LogP contribution >= 0.6 is 0 Å². The summed E-state index contributed by atoms with van der Waals surface area (Å²) in [7, 11) is -5.29. The predicted molar refractivity (Wildman–Crippen MR) is 108 cm³/mol. The maximum atomic E-state index is 13.0. The molecule has 1 aromatic rings. The molecule has 164 valence electrons. The number of sulfonamides is 1. The highest BCUT2D eigenvalue weighted by atomic mass is 32.2. The standard InChI is InChI=1S/C18H28FN3O5S2/c1-20(29(26,27)17-7-5-16(19)6-8-17)9-3-4-18(23)22-12-10-21(11-13-22)14-15-28(2,24)25/h5-8H,3-4,9-15H2,1-2H3. The summed E-state index contributed by atoms with van der Waals surface area (Å²) in [6, 6.07) is 4.63. The van der Waals surface area contributed by atoms with E-state index in [0.29, 0.717) is 39.1 Å². The maximum Gasteiger partial charge on any atom is 0.242 e. The molecule has 1 heterocycles. The zero-order valence-electron chi connectivity index (χ0n) is 16.8. The fourth-order valence-corrected chi connectivity index (χ4v) is 4.83. The molecule has 29 heavy (non-hydrogen) atoms. The lowest BCUT2D eigenvalue weighted by Gasteiger charge is -2.34. The molecular weight excluding hydrogens is 421 g/mol. The second-order valence-electron chi connectivity index (χ2n) is 7.24. The van der Waals surface area contributed by atoms with Gasteiger partial charge >= 0.3 is 0 Å². The number of amides is 1. The Morgan fingerprint density at radius 2 is 1.66 bits per heavy atom. The number of sulfone groups is 1. The Morgan fingerprint density at radius 3 is 2.21 bits per heavy atom. The summed E-state index contributed by atoms with van der Waals surface area (Å²) in [5, 5.41) is 0. The van der Waals surface area contributed by atoms with Gasteiger partial charge in [0.2, 0.25) is 15.9 Å². The van der Waals surface area contributed by atoms with Gasteiger partial charge in [-0.3, -0.25) is 9.69 Å². The van der Waals surface area contributed by atoms with Gasteiger partial charge in [0.05, 0.1) is 10.6 Å². The third-order valence-corrected chi connectivity index (χ3v) is 7.68. The molecule has 8 nitrogen and oxygen atoms in total. The third kappa shape index (κ3) is 7.32. The van der Waals surface area contributed by atoms with Gasteiger partial charge in [0.25, 0.3) is 0 Å². The fraction of sp³-hybridized carbons (Fsp3) is 0.611. The number of benzene rings is 1. The highest BCUT2D eigenvalue weighted by Crippen LogP contribution is 2.15. The van der Waals surface area contributed by atoms with Crippen LogP contribution in [0.25, 0.3) is 0 Å². The van der Waals surface area contributed by atoms with Gasteiger partial charge < -0.3 is 4.90 Å². The Hall–Kier alpha value is -1.56. The summed E-state index contributed by atoms with van der Waals surface area (Å²) in [5.41, 5.74) is 0. The van der Waals surface area contributed by atoms with Crippen molar-refractivity contribution in [2.45, 2.75) is 17.7 Å². The molecule has 0 unspecified atom stereocenters. The predicted octanol–water partition coefficient (Wildman–Crippen LogP) is 0.415. The van der Waals surface area contributed by atoms with Gasteiger partial charge in [-0.25, -0.2) is 25.5 Å². The molecule has 0 bridgehead atoms. The molecule has 1 fully saturated rings. The molecule has 1 aromatic carbocycles. The van der Waals surface area contributed by atoms with E-state index in [2.05, 4.69) is 0 Å². The van der Waals surface area contributed by atoms with Crippen LogP contribution in [0.5, 0.6) is 0 Å². The van der Waals surface area contributed by atoms with Gasteiger partial charge in [0, 0.05) is 59.0 Å². The van der Waals surface area contributed by atoms with Crippen molar-refractivity contribution < 1.29 is 26.0 Å². The average molecular weight is 450 g/mol. The van der Waals surface area contributed by atoms with Crippen LogP contribution in [-0.2, 0) is 24.7 Å². The molecule has 1 amide bonds. The van der Waals surface area contributed by atoms with E-state index in [1.807, 2.05) is 4.90 Å². The number of rotatable bonds is 9. The second kappa shape index (κ2) is 9.96. The first kappa shape index (κ1) is 23.7. The monoisotopic (exact) mass is 449 g/mol. The van der Waals surface area contributed by atoms with Crippen LogP contribution in [0.15, 0.2) is 29.2 Å². The molecule has 0 radical (unpaired) electrons. The van der Waals surface area contributed by atoms with E-state index in [1.165, 1.54) is 25.4 Å². The first-order chi connectivity index (χ1) is 13.5. The molecule has 1 saturated heterocycles. The number of carbonyl (C=O) groups excluding carboxylic acids is 1. The summed E-state index contributed by atoms with van der Waals surface area (Å²) >= 11 is 0. The maximum absolute atomic E-state index is 13.0. The first-order valence-corrected chi connectivity index (χ1v) is 12.9. The van der Waals surface area contributed by atoms with Crippen molar-refractivity contribution in [3.8, 4) is 0 Å². The van der Waals surface area contributed by atoms with Gasteiger partial charge in [-0.2, -0.15) is 0 Å². The Kier molecular flexibility index (Phi) is 8.15. The minimum absolute atomic E-state index is 0.0120. The summed E-state index contributed by atoms with van der Waals surface area (Å²) in [4.78, 5) is 16.1. The minimum atomic E-state index is -3.72. The summed E-state index contributed by atoms with van der Waals surface area (Å²) in [6.45, 7) is 2.96. The molecule has 0 atom stereocenters. The highest BCUT2D eigenvalue weighted by molar-refractivity contribution is 7.90. The molecule has 0 N–H and O–H groups in total. The van der Waals surface area contributed by atoms with Crippen LogP contribution in [0.1, 0.15) is 12.8 Å². The Bertz CT molecular complexity index is 896. The zero-order valence-corrected chi connectivity index (χ0v) is 18.4. The van der Waals surface area contributed by atoms with Crippen molar-refractivity contribution in [2.75, 3.05) is 58.3 Å². The molecule has 0 spiro atoms. The molecule has 0 saturated carbocycles. The van der Waals surface area contributed by atoms with Gasteiger partial charge in [-0.1, -0.05) is 0 Å². The SMILES string of the molecule is CN(CCCC(=O)N1CCN(CCS(C)(=O)=O)CC1)S(=O)(=O)c1ccc(F)cc1. The van der Waals surface area contributed by atoms with Crippen LogP contribution < -0.4 is 0 Å². The summed E-state index contributed by atoms with van der Waals surface area (Å²) in [5.74, 6) is -0.440. The third-order valence-electron chi connectivity index (χ3n) is 4.89. The largest absolute Gasteiger partial charge is 0.340 e. The van der Waals surface area contributed by atoms with Gasteiger partial charge in [-0.15, -0.1) is 0 Å². The Balaban J connectivity index is 1.75. The number of hydrogen-bond donors (Lipinski definition) is 0. The fourth-order valence-electron chi connectivity index (χ4n) is 3.03. The molecule has 11 heteroatoms. The van der Waals surface area contributed by atoms with Crippen LogP contribution in [0.4, 0.5) is 4.39 Å². The van der Waals surface area contributed by atoms with Crippen molar-refractivity contribution in [2.24, 2.45) is 0 Å². The highest BCUT2D eigenvalue weighted by Gasteiger charge is 2.23. The number of piperazine rings is 1. The zero-order chi connectivity index (χ0) is 21.7. The minimum Gasteiger partial charge on any atom is -0.340 e. The topological polar surface area (TPSA) is 95.1 Å². The molecule has 2 rings (SSSR count).